The molecular formula is C19H21Cl2NO. The van der Waals surface area contributed by atoms with Gasteiger partial charge in [0.1, 0.15) is 5.75 Å². The second-order valence-corrected chi connectivity index (χ2v) is 6.92. The monoisotopic (exact) mass is 349 g/mol. The van der Waals surface area contributed by atoms with Crippen molar-refractivity contribution in [3.63, 3.8) is 0 Å². The van der Waals surface area contributed by atoms with Crippen LogP contribution < -0.4 is 0 Å². The van der Waals surface area contributed by atoms with Crippen LogP contribution in [0, 0.1) is 0 Å². The number of hydrogen-bond acceptors (Lipinski definition) is 2. The molecule has 0 saturated heterocycles. The molecule has 0 saturated carbocycles. The van der Waals surface area contributed by atoms with Crippen molar-refractivity contribution in [2.24, 2.45) is 0 Å². The first kappa shape index (κ1) is 16.6. The zero-order valence-corrected chi connectivity index (χ0v) is 14.7. The minimum Gasteiger partial charge on any atom is -0.506 e. The summed E-state index contributed by atoms with van der Waals surface area (Å²) in [4.78, 5) is 2.48. The zero-order chi connectivity index (χ0) is 15.3. The van der Waals surface area contributed by atoms with E-state index in [1.165, 1.54) is 28.7 Å². The van der Waals surface area contributed by atoms with Crippen LogP contribution in [0.15, 0.2) is 36.4 Å². The van der Waals surface area contributed by atoms with E-state index in [2.05, 4.69) is 36.2 Å². The van der Waals surface area contributed by atoms with Crippen LogP contribution in [0.2, 0.25) is 5.02 Å². The Bertz CT molecular complexity index is 731. The van der Waals surface area contributed by atoms with Gasteiger partial charge in [0.05, 0.1) is 5.02 Å². The Morgan fingerprint density at radius 3 is 2.70 bits per heavy atom. The molecule has 0 radical (unpaired) electrons. The summed E-state index contributed by atoms with van der Waals surface area (Å²) in [6.07, 6.45) is 3.29. The minimum absolute atomic E-state index is 0. The number of phenolic OH excluding ortho intramolecular Hbond substituents is 1. The van der Waals surface area contributed by atoms with Crippen molar-refractivity contribution in [2.45, 2.75) is 31.2 Å². The first-order valence-corrected chi connectivity index (χ1v) is 8.32. The molecule has 122 valence electrons. The lowest BCUT2D eigenvalue weighted by Gasteiger charge is -2.38. The summed E-state index contributed by atoms with van der Waals surface area (Å²) in [6.45, 7) is 1.04. The van der Waals surface area contributed by atoms with E-state index >= 15 is 0 Å². The highest BCUT2D eigenvalue weighted by molar-refractivity contribution is 6.32. The van der Waals surface area contributed by atoms with Gasteiger partial charge in [-0.1, -0.05) is 35.9 Å². The van der Waals surface area contributed by atoms with Gasteiger partial charge in [0.15, 0.2) is 0 Å². The fourth-order valence-electron chi connectivity index (χ4n) is 4.18. The van der Waals surface area contributed by atoms with Crippen molar-refractivity contribution in [1.82, 2.24) is 4.90 Å². The van der Waals surface area contributed by atoms with Gasteiger partial charge in [-0.3, -0.25) is 0 Å². The van der Waals surface area contributed by atoms with Crippen LogP contribution in [0.5, 0.6) is 5.75 Å². The summed E-state index contributed by atoms with van der Waals surface area (Å²) in [5.74, 6) is 0.530. The molecular weight excluding hydrogens is 329 g/mol. The molecule has 2 atom stereocenters. The second kappa shape index (κ2) is 6.35. The lowest BCUT2D eigenvalue weighted by Crippen LogP contribution is -2.39. The summed E-state index contributed by atoms with van der Waals surface area (Å²) >= 11 is 6.15. The molecule has 0 spiro atoms. The topological polar surface area (TPSA) is 23.5 Å². The van der Waals surface area contributed by atoms with Gasteiger partial charge in [-0.05, 0) is 60.7 Å². The third kappa shape index (κ3) is 2.73. The predicted octanol–water partition coefficient (Wildman–Crippen LogP) is 4.40. The molecule has 2 nitrogen and oxygen atoms in total. The Morgan fingerprint density at radius 2 is 1.87 bits per heavy atom. The van der Waals surface area contributed by atoms with Crippen LogP contribution in [0.25, 0.3) is 0 Å². The average Bonchev–Trinajstić information content (AvgIpc) is 2.66. The Balaban J connectivity index is 0.00000156. The van der Waals surface area contributed by atoms with Gasteiger partial charge in [-0.15, -0.1) is 12.4 Å². The standard InChI is InChI=1S/C19H20ClNO.ClH/c1-21-9-8-13-10-16(20)18(22)11-15(13)19-14-5-3-2-4-12(14)6-7-17(19)21;/h2-5,10-11,17,19,22H,6-9H2,1H3;1H. The van der Waals surface area contributed by atoms with E-state index in [-0.39, 0.29) is 18.2 Å². The number of aromatic hydroxyl groups is 1. The third-order valence-corrected chi connectivity index (χ3v) is 5.63. The summed E-state index contributed by atoms with van der Waals surface area (Å²) < 4.78 is 0. The molecule has 4 heteroatoms. The number of phenols is 1. The Hall–Kier alpha value is -1.22. The van der Waals surface area contributed by atoms with Crippen LogP contribution in [-0.4, -0.2) is 29.6 Å². The van der Waals surface area contributed by atoms with Gasteiger partial charge in [-0.25, -0.2) is 0 Å². The second-order valence-electron chi connectivity index (χ2n) is 6.52. The molecule has 2 aliphatic rings. The number of fused-ring (bicyclic) bond motifs is 5. The molecule has 4 rings (SSSR count). The van der Waals surface area contributed by atoms with Crippen LogP contribution in [0.4, 0.5) is 0 Å². The molecule has 2 aromatic rings. The highest BCUT2D eigenvalue weighted by Gasteiger charge is 2.36. The Kier molecular flexibility index (Phi) is 4.59. The number of likely N-dealkylation sites (N-methyl/N-ethyl adjacent to an activating group) is 1. The maximum absolute atomic E-state index is 10.1. The highest BCUT2D eigenvalue weighted by atomic mass is 35.5. The molecule has 1 heterocycles. The fourth-order valence-corrected chi connectivity index (χ4v) is 4.37. The van der Waals surface area contributed by atoms with Gasteiger partial charge < -0.3 is 10.0 Å². The van der Waals surface area contributed by atoms with Crippen molar-refractivity contribution in [2.75, 3.05) is 13.6 Å². The summed E-state index contributed by atoms with van der Waals surface area (Å²) in [6, 6.07) is 13.1. The van der Waals surface area contributed by atoms with E-state index in [0.717, 1.165) is 19.4 Å². The van der Waals surface area contributed by atoms with Crippen molar-refractivity contribution >= 4 is 24.0 Å². The molecule has 0 aromatic heterocycles. The van der Waals surface area contributed by atoms with Crippen molar-refractivity contribution < 1.29 is 5.11 Å². The molecule has 0 bridgehead atoms. The van der Waals surface area contributed by atoms with Gasteiger partial charge in [0.2, 0.25) is 0 Å². The summed E-state index contributed by atoms with van der Waals surface area (Å²) in [5.41, 5.74) is 5.39. The number of aryl methyl sites for hydroxylation is 1. The first-order chi connectivity index (χ1) is 10.6. The quantitative estimate of drug-likeness (QED) is 0.761. The summed E-state index contributed by atoms with van der Waals surface area (Å²) in [7, 11) is 2.22. The smallest absolute Gasteiger partial charge is 0.134 e. The predicted molar refractivity (Wildman–Crippen MR) is 97.1 cm³/mol. The number of nitrogens with zero attached hydrogens (tertiary/aromatic N) is 1. The van der Waals surface area contributed by atoms with Crippen LogP contribution >= 0.6 is 24.0 Å². The van der Waals surface area contributed by atoms with Gasteiger partial charge in [0.25, 0.3) is 0 Å². The van der Waals surface area contributed by atoms with E-state index in [1.54, 1.807) is 0 Å². The normalized spacial score (nSPS) is 23.0. The molecule has 0 fully saturated rings. The third-order valence-electron chi connectivity index (χ3n) is 5.33. The lowest BCUT2D eigenvalue weighted by atomic mass is 9.74. The lowest BCUT2D eigenvalue weighted by molar-refractivity contribution is 0.214. The van der Waals surface area contributed by atoms with Crippen LogP contribution in [0.1, 0.15) is 34.6 Å². The Labute approximate surface area is 148 Å². The van der Waals surface area contributed by atoms with E-state index in [1.807, 2.05) is 12.1 Å². The maximum Gasteiger partial charge on any atom is 0.134 e. The number of rotatable bonds is 0. The fraction of sp³-hybridized carbons (Fsp3) is 0.368. The Morgan fingerprint density at radius 1 is 1.09 bits per heavy atom. The van der Waals surface area contributed by atoms with Crippen molar-refractivity contribution in [1.29, 1.82) is 0 Å². The van der Waals surface area contributed by atoms with E-state index in [0.29, 0.717) is 17.0 Å². The SMILES string of the molecule is CN1CCc2cc(Cl)c(O)cc2C2c3ccccc3CCC21.Cl. The van der Waals surface area contributed by atoms with Crippen molar-refractivity contribution in [3.8, 4) is 5.75 Å². The molecule has 23 heavy (non-hydrogen) atoms. The molecule has 2 unspecified atom stereocenters. The van der Waals surface area contributed by atoms with Crippen molar-refractivity contribution in [3.05, 3.63) is 63.7 Å². The molecule has 1 aliphatic carbocycles. The molecule has 0 amide bonds. The first-order valence-electron chi connectivity index (χ1n) is 7.94. The molecule has 1 N–H and O–H groups in total. The van der Waals surface area contributed by atoms with Crippen LogP contribution in [-0.2, 0) is 12.8 Å². The largest absolute Gasteiger partial charge is 0.506 e. The number of benzene rings is 2. The highest BCUT2D eigenvalue weighted by Crippen LogP contribution is 2.44. The zero-order valence-electron chi connectivity index (χ0n) is 13.1. The molecule has 1 aliphatic heterocycles. The molecule has 2 aromatic carbocycles. The number of hydrogen-bond donors (Lipinski definition) is 1. The van der Waals surface area contributed by atoms with E-state index in [4.69, 9.17) is 11.6 Å². The van der Waals surface area contributed by atoms with Gasteiger partial charge >= 0.3 is 0 Å². The number of halogens is 2. The van der Waals surface area contributed by atoms with E-state index < -0.39 is 0 Å². The average molecular weight is 350 g/mol. The minimum atomic E-state index is 0. The van der Waals surface area contributed by atoms with Gasteiger partial charge in [-0.2, -0.15) is 0 Å². The summed E-state index contributed by atoms with van der Waals surface area (Å²) in [5, 5.41) is 10.6. The van der Waals surface area contributed by atoms with Gasteiger partial charge in [0, 0.05) is 18.5 Å². The van der Waals surface area contributed by atoms with E-state index in [9.17, 15) is 5.11 Å². The van der Waals surface area contributed by atoms with Crippen LogP contribution in [0.3, 0.4) is 0 Å². The maximum atomic E-state index is 10.1.